The summed E-state index contributed by atoms with van der Waals surface area (Å²) in [6, 6.07) is 18.0. The minimum Gasteiger partial charge on any atom is -0.392 e. The number of hydrogen-bond acceptors (Lipinski definition) is 3. The Hall–Kier alpha value is -1.58. The number of aromatic nitrogens is 1. The summed E-state index contributed by atoms with van der Waals surface area (Å²) >= 11 is 0. The first-order valence-electron chi connectivity index (χ1n) is 12.6. The van der Waals surface area contributed by atoms with Crippen molar-refractivity contribution in [2.24, 2.45) is 23.7 Å². The van der Waals surface area contributed by atoms with Crippen LogP contribution in [-0.2, 0) is 20.1 Å². The van der Waals surface area contributed by atoms with E-state index in [1.807, 2.05) is 12.3 Å². The van der Waals surface area contributed by atoms with Crippen LogP contribution in [-0.4, -0.2) is 27.4 Å². The predicted molar refractivity (Wildman–Crippen MR) is 136 cm³/mol. The molecule has 5 rings (SSSR count). The number of benzene rings is 2. The maximum Gasteiger partial charge on any atom is 0.0623 e. The van der Waals surface area contributed by atoms with E-state index in [1.165, 1.54) is 29.2 Å². The van der Waals surface area contributed by atoms with Crippen molar-refractivity contribution in [3.63, 3.8) is 0 Å². The summed E-state index contributed by atoms with van der Waals surface area (Å²) in [7, 11) is 0. The average Bonchev–Trinajstić information content (AvgIpc) is 3.05. The standard InChI is InChI=1S/C17H14N.C13H24O2.Ir/c1-12-7-13(2)9-16(8-12)17-10-14-5-3-4-6-15(14)11-18-17;1-3-9-7-10-6-4-5-8(2)12(14)11(10)13(9)15;/h3-8,10-11H,1-2H3;8-15H,3-7H2,1-2H3;/q-1;;/t;8-,9+,10?,11?,12?,13?;/m.0./s1. The summed E-state index contributed by atoms with van der Waals surface area (Å²) in [6.07, 6.45) is 7.14. The third-order valence-corrected chi connectivity index (χ3v) is 7.82. The van der Waals surface area contributed by atoms with Crippen molar-refractivity contribution in [1.82, 2.24) is 4.98 Å². The van der Waals surface area contributed by atoms with Crippen molar-refractivity contribution in [3.8, 4) is 11.3 Å². The van der Waals surface area contributed by atoms with Gasteiger partial charge in [0.15, 0.2) is 0 Å². The molecule has 0 aliphatic heterocycles. The first-order valence-corrected chi connectivity index (χ1v) is 12.6. The molecular formula is C30H38IrNO2-. The quantitative estimate of drug-likeness (QED) is 0.316. The van der Waals surface area contributed by atoms with E-state index in [1.54, 1.807) is 0 Å². The van der Waals surface area contributed by atoms with Gasteiger partial charge in [-0.1, -0.05) is 70.9 Å². The van der Waals surface area contributed by atoms with Crippen LogP contribution in [0.2, 0.25) is 0 Å². The van der Waals surface area contributed by atoms with Gasteiger partial charge in [-0.05, 0) is 53.5 Å². The van der Waals surface area contributed by atoms with Crippen LogP contribution < -0.4 is 0 Å². The Labute approximate surface area is 218 Å². The molecular weight excluding hydrogens is 599 g/mol. The molecule has 6 atom stereocenters. The second kappa shape index (κ2) is 11.9. The third-order valence-electron chi connectivity index (χ3n) is 7.82. The minimum absolute atomic E-state index is 0. The van der Waals surface area contributed by atoms with Crippen molar-refractivity contribution < 1.29 is 30.3 Å². The molecule has 4 unspecified atom stereocenters. The molecule has 2 fully saturated rings. The molecule has 0 spiro atoms. The van der Waals surface area contributed by atoms with E-state index in [0.717, 1.165) is 36.1 Å². The van der Waals surface area contributed by atoms with Gasteiger partial charge in [0.05, 0.1) is 12.2 Å². The first-order chi connectivity index (χ1) is 15.9. The number of rotatable bonds is 2. The van der Waals surface area contributed by atoms with E-state index < -0.39 is 0 Å². The van der Waals surface area contributed by atoms with Crippen LogP contribution in [0, 0.1) is 43.6 Å². The fourth-order valence-corrected chi connectivity index (χ4v) is 5.99. The molecule has 4 heteroatoms. The van der Waals surface area contributed by atoms with Crippen molar-refractivity contribution in [1.29, 1.82) is 0 Å². The summed E-state index contributed by atoms with van der Waals surface area (Å²) in [5.41, 5.74) is 4.45. The number of aryl methyl sites for hydroxylation is 2. The van der Waals surface area contributed by atoms with Crippen LogP contribution in [0.5, 0.6) is 0 Å². The van der Waals surface area contributed by atoms with E-state index in [9.17, 15) is 10.2 Å². The Bertz CT molecular complexity index is 1060. The molecule has 1 aromatic heterocycles. The zero-order valence-corrected chi connectivity index (χ0v) is 23.2. The largest absolute Gasteiger partial charge is 0.392 e. The maximum atomic E-state index is 10.3. The number of hydrogen-bond donors (Lipinski definition) is 2. The molecule has 1 heterocycles. The fourth-order valence-electron chi connectivity index (χ4n) is 5.99. The minimum atomic E-state index is -0.274. The van der Waals surface area contributed by atoms with Gasteiger partial charge in [0.2, 0.25) is 0 Å². The van der Waals surface area contributed by atoms with Gasteiger partial charge >= 0.3 is 0 Å². The van der Waals surface area contributed by atoms with Crippen LogP contribution in [0.3, 0.4) is 0 Å². The van der Waals surface area contributed by atoms with Gasteiger partial charge in [0, 0.05) is 32.2 Å². The molecule has 0 amide bonds. The zero-order valence-electron chi connectivity index (χ0n) is 20.8. The third kappa shape index (κ3) is 5.97. The van der Waals surface area contributed by atoms with Crippen LogP contribution >= 0.6 is 0 Å². The van der Waals surface area contributed by atoms with Crippen LogP contribution in [0.25, 0.3) is 22.0 Å². The van der Waals surface area contributed by atoms with Gasteiger partial charge in [-0.25, -0.2) is 0 Å². The summed E-state index contributed by atoms with van der Waals surface area (Å²) in [6.45, 7) is 8.44. The van der Waals surface area contributed by atoms with E-state index >= 15 is 0 Å². The number of fused-ring (bicyclic) bond motifs is 2. The van der Waals surface area contributed by atoms with Crippen molar-refractivity contribution in [2.75, 3.05) is 0 Å². The van der Waals surface area contributed by atoms with Gasteiger partial charge in [-0.15, -0.1) is 34.9 Å². The Morgan fingerprint density at radius 2 is 1.74 bits per heavy atom. The summed E-state index contributed by atoms with van der Waals surface area (Å²) < 4.78 is 0. The van der Waals surface area contributed by atoms with Gasteiger partial charge < -0.3 is 15.2 Å². The Morgan fingerprint density at radius 1 is 1.00 bits per heavy atom. The van der Waals surface area contributed by atoms with Crippen molar-refractivity contribution >= 4 is 10.8 Å². The van der Waals surface area contributed by atoms with Crippen LogP contribution in [0.15, 0.2) is 48.7 Å². The molecule has 0 saturated heterocycles. The molecule has 185 valence electrons. The maximum absolute atomic E-state index is 10.3. The zero-order chi connectivity index (χ0) is 23.5. The smallest absolute Gasteiger partial charge is 0.0623 e. The molecule has 3 nitrogen and oxygen atoms in total. The van der Waals surface area contributed by atoms with Crippen molar-refractivity contribution in [2.45, 2.75) is 72.0 Å². The second-order valence-corrected chi connectivity index (χ2v) is 10.3. The van der Waals surface area contributed by atoms with Gasteiger partial charge in [-0.2, -0.15) is 0 Å². The number of pyridine rings is 1. The van der Waals surface area contributed by atoms with E-state index in [-0.39, 0.29) is 38.2 Å². The molecule has 3 aromatic rings. The molecule has 34 heavy (non-hydrogen) atoms. The molecule has 2 aliphatic carbocycles. The molecule has 2 N–H and O–H groups in total. The van der Waals surface area contributed by atoms with Gasteiger partial charge in [0.1, 0.15) is 0 Å². The van der Waals surface area contributed by atoms with Crippen molar-refractivity contribution in [3.05, 3.63) is 65.9 Å². The Morgan fingerprint density at radius 3 is 2.44 bits per heavy atom. The molecule has 2 saturated carbocycles. The molecule has 0 bridgehead atoms. The van der Waals surface area contributed by atoms with Crippen LogP contribution in [0.4, 0.5) is 0 Å². The number of aliphatic hydroxyl groups is 2. The molecule has 2 aliphatic rings. The van der Waals surface area contributed by atoms with Gasteiger partial charge in [-0.3, -0.25) is 0 Å². The van der Waals surface area contributed by atoms with Gasteiger partial charge in [0.25, 0.3) is 0 Å². The monoisotopic (exact) mass is 637 g/mol. The normalized spacial score (nSPS) is 28.3. The Kier molecular flexibility index (Phi) is 9.46. The number of nitrogens with zero attached hydrogens (tertiary/aromatic N) is 1. The Balaban J connectivity index is 0.000000188. The first kappa shape index (κ1) is 27.0. The van der Waals surface area contributed by atoms with E-state index in [2.05, 4.69) is 75.1 Å². The topological polar surface area (TPSA) is 53.4 Å². The molecule has 2 aromatic carbocycles. The fraction of sp³-hybridized carbons (Fsp3) is 0.500. The van der Waals surface area contributed by atoms with E-state index in [4.69, 9.17) is 0 Å². The second-order valence-electron chi connectivity index (χ2n) is 10.3. The molecule has 1 radical (unpaired) electrons. The SMILES string of the molecule is CC[C@@H]1CC2CCC[C@H](C)C(O)C2C1O.Cc1[c-]c(-c2cc3ccccc3cn2)cc(C)c1.[Ir]. The summed E-state index contributed by atoms with van der Waals surface area (Å²) in [5.74, 6) is 1.53. The predicted octanol–water partition coefficient (Wildman–Crippen LogP) is 6.51. The summed E-state index contributed by atoms with van der Waals surface area (Å²) in [4.78, 5) is 4.53. The summed E-state index contributed by atoms with van der Waals surface area (Å²) in [5, 5.41) is 22.9. The average molecular weight is 637 g/mol. The number of aliphatic hydroxyl groups excluding tert-OH is 2. The van der Waals surface area contributed by atoms with E-state index in [0.29, 0.717) is 17.8 Å². The van der Waals surface area contributed by atoms with Crippen LogP contribution in [0.1, 0.15) is 57.1 Å².